The van der Waals surface area contributed by atoms with Crippen LogP contribution in [-0.4, -0.2) is 29.9 Å². The summed E-state index contributed by atoms with van der Waals surface area (Å²) in [5.74, 6) is 1.18. The van der Waals surface area contributed by atoms with Gasteiger partial charge in [0.1, 0.15) is 0 Å². The molecule has 2 aliphatic rings. The summed E-state index contributed by atoms with van der Waals surface area (Å²) in [6.07, 6.45) is 3.99. The Morgan fingerprint density at radius 2 is 2.42 bits per heavy atom. The Labute approximate surface area is 72.9 Å². The van der Waals surface area contributed by atoms with Gasteiger partial charge in [-0.25, -0.2) is 0 Å². The van der Waals surface area contributed by atoms with E-state index in [-0.39, 0.29) is 0 Å². The van der Waals surface area contributed by atoms with Crippen LogP contribution in [0.15, 0.2) is 0 Å². The number of rotatable bonds is 3. The summed E-state index contributed by atoms with van der Waals surface area (Å²) < 4.78 is 0. The van der Waals surface area contributed by atoms with Crippen LogP contribution >= 0.6 is 0 Å². The maximum absolute atomic E-state index is 11.5. The maximum Gasteiger partial charge on any atom is 0.222 e. The zero-order chi connectivity index (χ0) is 8.55. The van der Waals surface area contributed by atoms with Crippen LogP contribution in [0.5, 0.6) is 0 Å². The lowest BCUT2D eigenvalue weighted by atomic mass is 10.2. The molecular weight excluding hydrogens is 152 g/mol. The van der Waals surface area contributed by atoms with Crippen LogP contribution in [0.2, 0.25) is 0 Å². The van der Waals surface area contributed by atoms with Gasteiger partial charge in [0.15, 0.2) is 0 Å². The molecule has 0 aromatic heterocycles. The first kappa shape index (κ1) is 8.05. The minimum atomic E-state index is 0.324. The summed E-state index contributed by atoms with van der Waals surface area (Å²) in [4.78, 5) is 13.6. The third-order valence-corrected chi connectivity index (χ3v) is 2.94. The van der Waals surface area contributed by atoms with Gasteiger partial charge in [-0.15, -0.1) is 0 Å². The molecule has 2 N–H and O–H groups in total. The molecule has 0 aromatic carbocycles. The molecule has 3 nitrogen and oxygen atoms in total. The van der Waals surface area contributed by atoms with Crippen molar-refractivity contribution in [1.29, 1.82) is 0 Å². The lowest BCUT2D eigenvalue weighted by Crippen LogP contribution is -2.30. The maximum atomic E-state index is 11.5. The number of amides is 1. The Morgan fingerprint density at radius 1 is 1.58 bits per heavy atom. The zero-order valence-corrected chi connectivity index (χ0v) is 7.33. The molecule has 2 unspecified atom stereocenters. The Balaban J connectivity index is 1.79. The average molecular weight is 168 g/mol. The van der Waals surface area contributed by atoms with Crippen LogP contribution in [0.3, 0.4) is 0 Å². The highest BCUT2D eigenvalue weighted by Crippen LogP contribution is 2.44. The number of piperidine rings is 1. The average Bonchev–Trinajstić information content (AvgIpc) is 2.74. The molecule has 0 radical (unpaired) electrons. The van der Waals surface area contributed by atoms with E-state index in [1.165, 1.54) is 12.8 Å². The molecule has 0 bridgehead atoms. The van der Waals surface area contributed by atoms with E-state index in [0.717, 1.165) is 18.9 Å². The van der Waals surface area contributed by atoms with Crippen LogP contribution in [-0.2, 0) is 4.79 Å². The molecule has 1 amide bonds. The van der Waals surface area contributed by atoms with Crippen LogP contribution in [0.4, 0.5) is 0 Å². The van der Waals surface area contributed by atoms with Crippen molar-refractivity contribution < 1.29 is 4.79 Å². The molecule has 1 heterocycles. The largest absolute Gasteiger partial charge is 0.339 e. The van der Waals surface area contributed by atoms with Crippen LogP contribution in [0.25, 0.3) is 0 Å². The summed E-state index contributed by atoms with van der Waals surface area (Å²) >= 11 is 0. The Hall–Kier alpha value is -0.570. The molecule has 2 rings (SSSR count). The number of nitrogens with zero attached hydrogens (tertiary/aromatic N) is 1. The summed E-state index contributed by atoms with van der Waals surface area (Å²) in [7, 11) is 0. The van der Waals surface area contributed by atoms with Gasteiger partial charge in [-0.2, -0.15) is 0 Å². The van der Waals surface area contributed by atoms with Crippen molar-refractivity contribution >= 4 is 5.91 Å². The fourth-order valence-corrected chi connectivity index (χ4v) is 2.10. The second kappa shape index (κ2) is 3.05. The molecule has 3 heteroatoms. The van der Waals surface area contributed by atoms with Crippen molar-refractivity contribution in [1.82, 2.24) is 4.90 Å². The predicted octanol–water partition coefficient (Wildman–Crippen LogP) is 0.346. The minimum Gasteiger partial charge on any atom is -0.339 e. The van der Waals surface area contributed by atoms with Gasteiger partial charge in [-0.05, 0) is 31.7 Å². The summed E-state index contributed by atoms with van der Waals surface area (Å²) in [6.45, 7) is 1.63. The van der Waals surface area contributed by atoms with Gasteiger partial charge in [-0.3, -0.25) is 4.79 Å². The van der Waals surface area contributed by atoms with Crippen LogP contribution < -0.4 is 5.73 Å². The summed E-state index contributed by atoms with van der Waals surface area (Å²) in [6, 6.07) is 0.621. The second-order valence-corrected chi connectivity index (χ2v) is 3.83. The van der Waals surface area contributed by atoms with E-state index in [4.69, 9.17) is 5.73 Å². The number of carbonyl (C=O) groups excluding carboxylic acids is 1. The van der Waals surface area contributed by atoms with E-state index >= 15 is 0 Å². The molecule has 1 saturated carbocycles. The SMILES string of the molecule is NCCCC(=O)N1CCC2CC21. The van der Waals surface area contributed by atoms with Crippen molar-refractivity contribution in [3.63, 3.8) is 0 Å². The minimum absolute atomic E-state index is 0.324. The normalized spacial score (nSPS) is 31.9. The number of fused-ring (bicyclic) bond motifs is 1. The fraction of sp³-hybridized carbons (Fsp3) is 0.889. The van der Waals surface area contributed by atoms with Crippen molar-refractivity contribution in [3.05, 3.63) is 0 Å². The van der Waals surface area contributed by atoms with E-state index in [1.807, 2.05) is 0 Å². The smallest absolute Gasteiger partial charge is 0.222 e. The first-order valence-electron chi connectivity index (χ1n) is 4.82. The van der Waals surface area contributed by atoms with E-state index in [1.54, 1.807) is 0 Å². The molecule has 0 spiro atoms. The first-order valence-corrected chi connectivity index (χ1v) is 4.82. The molecule has 68 valence electrons. The highest BCUT2D eigenvalue weighted by Gasteiger charge is 2.48. The second-order valence-electron chi connectivity index (χ2n) is 3.83. The highest BCUT2D eigenvalue weighted by molar-refractivity contribution is 5.77. The van der Waals surface area contributed by atoms with Crippen molar-refractivity contribution in [2.24, 2.45) is 11.7 Å². The van der Waals surface area contributed by atoms with Gasteiger partial charge in [-0.1, -0.05) is 0 Å². The monoisotopic (exact) mass is 168 g/mol. The first-order chi connectivity index (χ1) is 5.83. The van der Waals surface area contributed by atoms with Crippen molar-refractivity contribution in [2.75, 3.05) is 13.1 Å². The van der Waals surface area contributed by atoms with Crippen molar-refractivity contribution in [3.8, 4) is 0 Å². The van der Waals surface area contributed by atoms with Crippen LogP contribution in [0.1, 0.15) is 25.7 Å². The Kier molecular flexibility index (Phi) is 2.05. The van der Waals surface area contributed by atoms with E-state index in [9.17, 15) is 4.79 Å². The van der Waals surface area contributed by atoms with Crippen LogP contribution in [0, 0.1) is 5.92 Å². The molecule has 12 heavy (non-hydrogen) atoms. The van der Waals surface area contributed by atoms with Gasteiger partial charge in [0, 0.05) is 19.0 Å². The lowest BCUT2D eigenvalue weighted by Gasteiger charge is -2.17. The third kappa shape index (κ3) is 1.33. The summed E-state index contributed by atoms with van der Waals surface area (Å²) in [5.41, 5.74) is 5.35. The van der Waals surface area contributed by atoms with Gasteiger partial charge in [0.25, 0.3) is 0 Å². The fourth-order valence-electron chi connectivity index (χ4n) is 2.10. The molecule has 1 saturated heterocycles. The van der Waals surface area contributed by atoms with Gasteiger partial charge >= 0.3 is 0 Å². The predicted molar refractivity (Wildman–Crippen MR) is 46.5 cm³/mol. The quantitative estimate of drug-likeness (QED) is 0.660. The Bertz CT molecular complexity index is 193. The van der Waals surface area contributed by atoms with Gasteiger partial charge in [0.05, 0.1) is 0 Å². The topological polar surface area (TPSA) is 46.3 Å². The van der Waals surface area contributed by atoms with E-state index < -0.39 is 0 Å². The molecular formula is C9H16N2O. The third-order valence-electron chi connectivity index (χ3n) is 2.94. The number of hydrogen-bond acceptors (Lipinski definition) is 2. The number of carbonyl (C=O) groups is 1. The molecule has 2 fully saturated rings. The van der Waals surface area contributed by atoms with Crippen molar-refractivity contribution in [2.45, 2.75) is 31.7 Å². The molecule has 0 aromatic rings. The molecule has 1 aliphatic heterocycles. The molecule has 2 atom stereocenters. The van der Waals surface area contributed by atoms with E-state index in [2.05, 4.69) is 4.90 Å². The van der Waals surface area contributed by atoms with E-state index in [0.29, 0.717) is 24.9 Å². The number of nitrogens with two attached hydrogens (primary N) is 1. The zero-order valence-electron chi connectivity index (χ0n) is 7.33. The highest BCUT2D eigenvalue weighted by atomic mass is 16.2. The summed E-state index contributed by atoms with van der Waals surface area (Å²) in [5, 5.41) is 0. The lowest BCUT2D eigenvalue weighted by molar-refractivity contribution is -0.131. The number of likely N-dealkylation sites (tertiary alicyclic amines) is 1. The van der Waals surface area contributed by atoms with Gasteiger partial charge < -0.3 is 10.6 Å². The Morgan fingerprint density at radius 3 is 2.92 bits per heavy atom. The standard InChI is InChI=1S/C9H16N2O/c10-4-1-2-9(12)11-5-3-7-6-8(7)11/h7-8H,1-6,10H2. The van der Waals surface area contributed by atoms with Gasteiger partial charge in [0.2, 0.25) is 5.91 Å². The molecule has 1 aliphatic carbocycles. The number of hydrogen-bond donors (Lipinski definition) is 1.